The summed E-state index contributed by atoms with van der Waals surface area (Å²) in [7, 11) is 0. The topological polar surface area (TPSA) is 60.9 Å². The summed E-state index contributed by atoms with van der Waals surface area (Å²) >= 11 is 1.25. The van der Waals surface area contributed by atoms with Crippen LogP contribution in [0, 0.1) is 0 Å². The van der Waals surface area contributed by atoms with Crippen LogP contribution in [0.15, 0.2) is 6.07 Å². The summed E-state index contributed by atoms with van der Waals surface area (Å²) < 4.78 is 1.61. The second-order valence-corrected chi connectivity index (χ2v) is 3.73. The Kier molecular flexibility index (Phi) is 3.36. The highest BCUT2D eigenvalue weighted by atomic mass is 32.2. The minimum atomic E-state index is -0.0126. The third-order valence-corrected chi connectivity index (χ3v) is 2.36. The Morgan fingerprint density at radius 2 is 2.38 bits per heavy atom. The highest BCUT2D eigenvalue weighted by molar-refractivity contribution is 8.14. The van der Waals surface area contributed by atoms with E-state index in [2.05, 4.69) is 5.10 Å². The van der Waals surface area contributed by atoms with Crippen LogP contribution < -0.4 is 5.73 Å². The Balaban J connectivity index is 2.84. The van der Waals surface area contributed by atoms with Gasteiger partial charge in [0.2, 0.25) is 5.12 Å². The summed E-state index contributed by atoms with van der Waals surface area (Å²) in [6, 6.07) is 1.62. The molecule has 0 aromatic carbocycles. The quantitative estimate of drug-likeness (QED) is 0.798. The molecule has 0 atom stereocenters. The molecule has 13 heavy (non-hydrogen) atoms. The molecule has 0 unspecified atom stereocenters. The van der Waals surface area contributed by atoms with Gasteiger partial charge in [-0.25, -0.2) is 4.68 Å². The lowest BCUT2D eigenvalue weighted by Crippen LogP contribution is -2.02. The number of aromatic nitrogens is 2. The molecule has 2 N–H and O–H groups in total. The maximum absolute atomic E-state index is 11.4. The van der Waals surface area contributed by atoms with E-state index in [-0.39, 0.29) is 5.12 Å². The van der Waals surface area contributed by atoms with E-state index in [1.165, 1.54) is 11.8 Å². The van der Waals surface area contributed by atoms with E-state index in [1.54, 1.807) is 10.7 Å². The van der Waals surface area contributed by atoms with Crippen molar-refractivity contribution >= 4 is 22.7 Å². The molecule has 1 aromatic rings. The van der Waals surface area contributed by atoms with Gasteiger partial charge in [-0.1, -0.05) is 18.7 Å². The molecule has 0 radical (unpaired) electrons. The van der Waals surface area contributed by atoms with Gasteiger partial charge in [0, 0.05) is 12.6 Å². The lowest BCUT2D eigenvalue weighted by molar-refractivity contribution is 0.108. The zero-order chi connectivity index (χ0) is 9.84. The van der Waals surface area contributed by atoms with Crippen LogP contribution in [0.4, 0.5) is 5.82 Å². The number of hydrogen-bond donors (Lipinski definition) is 1. The van der Waals surface area contributed by atoms with E-state index in [1.807, 2.05) is 13.8 Å². The Hall–Kier alpha value is -0.970. The lowest BCUT2D eigenvalue weighted by atomic mass is 10.4. The summed E-state index contributed by atoms with van der Waals surface area (Å²) in [6.07, 6.45) is 0. The molecule has 0 saturated carbocycles. The molecular weight excluding hydrogens is 186 g/mol. The molecular formula is C8H13N3OS. The monoisotopic (exact) mass is 199 g/mol. The highest BCUT2D eigenvalue weighted by Crippen LogP contribution is 2.13. The molecule has 1 rings (SSSR count). The minimum absolute atomic E-state index is 0.0126. The molecule has 0 bridgehead atoms. The van der Waals surface area contributed by atoms with E-state index < -0.39 is 0 Å². The van der Waals surface area contributed by atoms with Crippen LogP contribution in [0.2, 0.25) is 0 Å². The number of nitrogens with two attached hydrogens (primary N) is 1. The number of nitrogen functional groups attached to an aromatic ring is 1. The lowest BCUT2D eigenvalue weighted by Gasteiger charge is -1.95. The van der Waals surface area contributed by atoms with Crippen molar-refractivity contribution in [2.24, 2.45) is 0 Å². The van der Waals surface area contributed by atoms with Crippen molar-refractivity contribution in [3.63, 3.8) is 0 Å². The number of anilines is 1. The molecule has 0 aliphatic carbocycles. The van der Waals surface area contributed by atoms with E-state index in [9.17, 15) is 4.79 Å². The van der Waals surface area contributed by atoms with Crippen molar-refractivity contribution in [3.8, 4) is 0 Å². The van der Waals surface area contributed by atoms with Crippen LogP contribution in [-0.2, 0) is 6.54 Å². The third-order valence-electron chi connectivity index (χ3n) is 1.60. The first-order valence-corrected chi connectivity index (χ1v) is 5.18. The predicted molar refractivity (Wildman–Crippen MR) is 54.8 cm³/mol. The maximum Gasteiger partial charge on any atom is 0.239 e. The Bertz CT molecular complexity index is 308. The predicted octanol–water partition coefficient (Wildman–Crippen LogP) is 1.38. The van der Waals surface area contributed by atoms with Gasteiger partial charge in [0.15, 0.2) is 0 Å². The first kappa shape index (κ1) is 10.1. The van der Waals surface area contributed by atoms with Gasteiger partial charge in [0.25, 0.3) is 0 Å². The maximum atomic E-state index is 11.4. The number of rotatable bonds is 3. The van der Waals surface area contributed by atoms with Crippen LogP contribution in [0.5, 0.6) is 0 Å². The van der Waals surface area contributed by atoms with Gasteiger partial charge in [0.1, 0.15) is 11.5 Å². The van der Waals surface area contributed by atoms with Crippen LogP contribution in [-0.4, -0.2) is 20.6 Å². The first-order valence-electron chi connectivity index (χ1n) is 4.19. The average molecular weight is 199 g/mol. The SMILES string of the molecule is CCSC(=O)c1cc(N)n(CC)n1. The summed E-state index contributed by atoms with van der Waals surface area (Å²) in [4.78, 5) is 11.4. The molecule has 4 nitrogen and oxygen atoms in total. The molecule has 0 aliphatic heterocycles. The fourth-order valence-corrected chi connectivity index (χ4v) is 1.50. The molecule has 0 saturated heterocycles. The van der Waals surface area contributed by atoms with Gasteiger partial charge in [-0.05, 0) is 12.7 Å². The molecule has 1 aromatic heterocycles. The van der Waals surface area contributed by atoms with Gasteiger partial charge in [-0.3, -0.25) is 4.79 Å². The molecule has 0 amide bonds. The molecule has 0 aliphatic rings. The van der Waals surface area contributed by atoms with Gasteiger partial charge in [-0.2, -0.15) is 5.10 Å². The Morgan fingerprint density at radius 3 is 2.85 bits per heavy atom. The van der Waals surface area contributed by atoms with Crippen molar-refractivity contribution in [3.05, 3.63) is 11.8 Å². The largest absolute Gasteiger partial charge is 0.384 e. The van der Waals surface area contributed by atoms with Gasteiger partial charge in [-0.15, -0.1) is 0 Å². The van der Waals surface area contributed by atoms with E-state index in [0.717, 1.165) is 5.75 Å². The standard InChI is InChI=1S/C8H13N3OS/c1-3-11-7(9)5-6(10-11)8(12)13-4-2/h5H,3-4,9H2,1-2H3. The highest BCUT2D eigenvalue weighted by Gasteiger charge is 2.11. The molecule has 5 heteroatoms. The van der Waals surface area contributed by atoms with Gasteiger partial charge >= 0.3 is 0 Å². The minimum Gasteiger partial charge on any atom is -0.384 e. The van der Waals surface area contributed by atoms with Crippen molar-refractivity contribution in [1.29, 1.82) is 0 Å². The second-order valence-electron chi connectivity index (χ2n) is 2.49. The molecule has 0 spiro atoms. The number of thioether (sulfide) groups is 1. The van der Waals surface area contributed by atoms with Crippen molar-refractivity contribution in [2.75, 3.05) is 11.5 Å². The Labute approximate surface area is 81.5 Å². The van der Waals surface area contributed by atoms with Crippen LogP contribution >= 0.6 is 11.8 Å². The fourth-order valence-electron chi connectivity index (χ4n) is 0.989. The zero-order valence-electron chi connectivity index (χ0n) is 7.78. The average Bonchev–Trinajstić information content (AvgIpc) is 2.47. The van der Waals surface area contributed by atoms with Gasteiger partial charge < -0.3 is 5.73 Å². The molecule has 1 heterocycles. The van der Waals surface area contributed by atoms with Crippen LogP contribution in [0.25, 0.3) is 0 Å². The van der Waals surface area contributed by atoms with E-state index in [4.69, 9.17) is 5.73 Å². The summed E-state index contributed by atoms with van der Waals surface area (Å²) in [5.74, 6) is 1.31. The van der Waals surface area contributed by atoms with E-state index in [0.29, 0.717) is 18.1 Å². The summed E-state index contributed by atoms with van der Waals surface area (Å²) in [5, 5.41) is 4.06. The van der Waals surface area contributed by atoms with E-state index >= 15 is 0 Å². The Morgan fingerprint density at radius 1 is 1.69 bits per heavy atom. The first-order chi connectivity index (χ1) is 6.19. The van der Waals surface area contributed by atoms with Crippen LogP contribution in [0.3, 0.4) is 0 Å². The number of carbonyl (C=O) groups is 1. The van der Waals surface area contributed by atoms with Gasteiger partial charge in [0.05, 0.1) is 0 Å². The number of hydrogen-bond acceptors (Lipinski definition) is 4. The second kappa shape index (κ2) is 4.32. The third kappa shape index (κ3) is 2.24. The normalized spacial score (nSPS) is 10.3. The van der Waals surface area contributed by atoms with Crippen molar-refractivity contribution in [2.45, 2.75) is 20.4 Å². The van der Waals surface area contributed by atoms with Crippen molar-refractivity contribution < 1.29 is 4.79 Å². The van der Waals surface area contributed by atoms with Crippen LogP contribution in [0.1, 0.15) is 24.3 Å². The smallest absolute Gasteiger partial charge is 0.239 e. The van der Waals surface area contributed by atoms with Crippen molar-refractivity contribution in [1.82, 2.24) is 9.78 Å². The number of nitrogens with zero attached hydrogens (tertiary/aromatic N) is 2. The zero-order valence-corrected chi connectivity index (χ0v) is 8.60. The molecule has 72 valence electrons. The number of aryl methyl sites for hydroxylation is 1. The fraction of sp³-hybridized carbons (Fsp3) is 0.500. The summed E-state index contributed by atoms with van der Waals surface area (Å²) in [6.45, 7) is 4.56. The summed E-state index contributed by atoms with van der Waals surface area (Å²) in [5.41, 5.74) is 6.08. The number of carbonyl (C=O) groups excluding carboxylic acids is 1. The molecule has 0 fully saturated rings.